The van der Waals surface area contributed by atoms with E-state index in [0.717, 1.165) is 6.07 Å². The molecule has 8 heteroatoms. The van der Waals surface area contributed by atoms with Crippen molar-refractivity contribution in [3.8, 4) is 0 Å². The minimum atomic E-state index is -4.75. The molecule has 0 radical (unpaired) electrons. The average Bonchev–Trinajstić information content (AvgIpc) is 2.14. The van der Waals surface area contributed by atoms with Gasteiger partial charge >= 0.3 is 107 Å². The van der Waals surface area contributed by atoms with Crippen LogP contribution in [0.1, 0.15) is 11.1 Å². The molecule has 0 saturated carbocycles. The fourth-order valence-electron chi connectivity index (χ4n) is 0.981. The molecule has 0 aromatic heterocycles. The summed E-state index contributed by atoms with van der Waals surface area (Å²) in [6.45, 7) is 0. The van der Waals surface area contributed by atoms with Gasteiger partial charge in [0.2, 0.25) is 0 Å². The number of alkyl halides is 6. The van der Waals surface area contributed by atoms with E-state index >= 15 is 0 Å². The number of hydrogen-bond donors (Lipinski definition) is 0. The number of hydrogen-bond acceptors (Lipinski definition) is 0. The van der Waals surface area contributed by atoms with Gasteiger partial charge in [-0.1, -0.05) is 0 Å². The Morgan fingerprint density at radius 3 is 1.88 bits per heavy atom. The summed E-state index contributed by atoms with van der Waals surface area (Å²) < 4.78 is 74.0. The molecule has 0 aliphatic carbocycles. The first-order chi connectivity index (χ1) is 7.16. The van der Waals surface area contributed by atoms with Gasteiger partial charge < -0.3 is 0 Å². The van der Waals surface area contributed by atoms with E-state index in [9.17, 15) is 26.3 Å². The van der Waals surface area contributed by atoms with Crippen LogP contribution in [0.15, 0.2) is 18.2 Å². The van der Waals surface area contributed by atoms with Crippen molar-refractivity contribution in [3.63, 3.8) is 0 Å². The molecule has 16 heavy (non-hydrogen) atoms. The monoisotopic (exact) mass is 467 g/mol. The van der Waals surface area contributed by atoms with Crippen molar-refractivity contribution < 1.29 is 43.6 Å². The third-order valence-corrected chi connectivity index (χ3v) is 6.00. The summed E-state index contributed by atoms with van der Waals surface area (Å²) in [6, 6.07) is 1.77. The first-order valence-electron chi connectivity index (χ1n) is 3.70. The Hall–Kier alpha value is 0.260. The Morgan fingerprint density at radius 2 is 1.50 bits per heavy atom. The maximum atomic E-state index is 12.5. The predicted molar refractivity (Wildman–Crippen MR) is 49.2 cm³/mol. The fraction of sp³-hybridized carbons (Fsp3) is 0.250. The van der Waals surface area contributed by atoms with Crippen molar-refractivity contribution in [3.05, 3.63) is 32.9 Å². The molecule has 0 amide bonds. The molecule has 1 aromatic carbocycles. The molecule has 0 atom stereocenters. The molecule has 0 unspecified atom stereocenters. The molecule has 1 aromatic rings. The molecule has 0 aliphatic heterocycles. The summed E-state index contributed by atoms with van der Waals surface area (Å²) in [5.41, 5.74) is -2.44. The zero-order valence-electron chi connectivity index (χ0n) is 7.26. The van der Waals surface area contributed by atoms with Gasteiger partial charge in [-0.25, -0.2) is 0 Å². The summed E-state index contributed by atoms with van der Waals surface area (Å²) in [5.74, 6) is 0. The topological polar surface area (TPSA) is 0 Å². The van der Waals surface area contributed by atoms with E-state index in [4.69, 9.17) is 0 Å². The van der Waals surface area contributed by atoms with Gasteiger partial charge in [0.15, 0.2) is 0 Å². The second kappa shape index (κ2) is 4.86. The van der Waals surface area contributed by atoms with Gasteiger partial charge in [-0.2, -0.15) is 0 Å². The average molecular weight is 467 g/mol. The molecule has 92 valence electrons. The SMILES string of the molecule is FC(F)(F)c1ccc([I-]I)c(C(F)(F)F)c1. The number of rotatable bonds is 1. The Bertz CT molecular complexity index is 381. The molecule has 0 bridgehead atoms. The van der Waals surface area contributed by atoms with Crippen molar-refractivity contribution >= 4 is 18.6 Å². The third kappa shape index (κ3) is 3.37. The summed E-state index contributed by atoms with van der Waals surface area (Å²) in [5, 5.41) is 0. The molecule has 0 nitrogen and oxygen atoms in total. The van der Waals surface area contributed by atoms with Crippen LogP contribution in [0.2, 0.25) is 0 Å². The Kier molecular flexibility index (Phi) is 4.35. The summed E-state index contributed by atoms with van der Waals surface area (Å²) in [4.78, 5) is 0. The summed E-state index contributed by atoms with van der Waals surface area (Å²) in [7, 11) is 0. The molecule has 1 rings (SSSR count). The molecule has 0 aliphatic rings. The van der Waals surface area contributed by atoms with Crippen LogP contribution in [0.25, 0.3) is 0 Å². The zero-order chi connectivity index (χ0) is 12.6. The first kappa shape index (κ1) is 14.3. The Balaban J connectivity index is 3.34. The Morgan fingerprint density at radius 1 is 0.938 bits per heavy atom. The van der Waals surface area contributed by atoms with E-state index in [2.05, 4.69) is 0 Å². The van der Waals surface area contributed by atoms with Gasteiger partial charge in [-0.3, -0.25) is 0 Å². The van der Waals surface area contributed by atoms with E-state index in [1.165, 1.54) is 0 Å². The standard InChI is InChI=1S/C8H3F6I2/c9-7(10,11)4-1-2-6(16-15)5(3-4)8(12,13)14/h1-3H/q-1. The van der Waals surface area contributed by atoms with Crippen LogP contribution in [0.5, 0.6) is 0 Å². The van der Waals surface area contributed by atoms with Crippen LogP contribution in [0.3, 0.4) is 0 Å². The quantitative estimate of drug-likeness (QED) is 0.433. The summed E-state index contributed by atoms with van der Waals surface area (Å²) in [6.07, 6.45) is -9.48. The number of halogens is 8. The van der Waals surface area contributed by atoms with E-state index in [1.807, 2.05) is 0 Å². The van der Waals surface area contributed by atoms with Crippen LogP contribution in [-0.4, -0.2) is 0 Å². The van der Waals surface area contributed by atoms with Crippen LogP contribution in [0, 0.1) is 3.57 Å². The van der Waals surface area contributed by atoms with Gasteiger partial charge in [0.05, 0.1) is 0 Å². The normalized spacial score (nSPS) is 13.2. The fourth-order valence-corrected chi connectivity index (χ4v) is 4.36. The second-order valence-electron chi connectivity index (χ2n) is 2.76. The van der Waals surface area contributed by atoms with Gasteiger partial charge in [0.1, 0.15) is 0 Å². The molecule has 0 saturated heterocycles. The van der Waals surface area contributed by atoms with Crippen molar-refractivity contribution in [2.75, 3.05) is 0 Å². The minimum absolute atomic E-state index is 0.0418. The van der Waals surface area contributed by atoms with Crippen molar-refractivity contribution in [1.29, 1.82) is 0 Å². The van der Waals surface area contributed by atoms with Gasteiger partial charge in [0, 0.05) is 0 Å². The van der Waals surface area contributed by atoms with E-state index in [-0.39, 0.29) is 9.64 Å². The first-order valence-corrected chi connectivity index (χ1v) is 11.1. The molecule has 0 heterocycles. The summed E-state index contributed by atoms with van der Waals surface area (Å²) >= 11 is 0.835. The van der Waals surface area contributed by atoms with E-state index < -0.39 is 40.7 Å². The van der Waals surface area contributed by atoms with Crippen LogP contribution in [0.4, 0.5) is 26.3 Å². The predicted octanol–water partition coefficient (Wildman–Crippen LogP) is 1.33. The Labute approximate surface area is 107 Å². The van der Waals surface area contributed by atoms with E-state index in [0.29, 0.717) is 6.07 Å². The van der Waals surface area contributed by atoms with Gasteiger partial charge in [-0.15, -0.1) is 0 Å². The molecular formula is C8H3F6I2-. The van der Waals surface area contributed by atoms with Crippen molar-refractivity contribution in [2.45, 2.75) is 12.4 Å². The number of benzene rings is 1. The van der Waals surface area contributed by atoms with Gasteiger partial charge in [-0.05, 0) is 0 Å². The molecular weight excluding hydrogens is 464 g/mol. The second-order valence-corrected chi connectivity index (χ2v) is 7.07. The van der Waals surface area contributed by atoms with E-state index in [1.54, 1.807) is 18.6 Å². The third-order valence-electron chi connectivity index (χ3n) is 1.68. The van der Waals surface area contributed by atoms with Crippen LogP contribution >= 0.6 is 18.6 Å². The van der Waals surface area contributed by atoms with Crippen molar-refractivity contribution in [1.82, 2.24) is 0 Å². The molecule has 0 N–H and O–H groups in total. The van der Waals surface area contributed by atoms with Crippen molar-refractivity contribution in [2.24, 2.45) is 0 Å². The van der Waals surface area contributed by atoms with Gasteiger partial charge in [0.25, 0.3) is 0 Å². The molecule has 0 fully saturated rings. The zero-order valence-corrected chi connectivity index (χ0v) is 11.6. The van der Waals surface area contributed by atoms with Crippen LogP contribution in [-0.2, 0) is 12.4 Å². The maximum absolute atomic E-state index is 12.5. The van der Waals surface area contributed by atoms with Crippen LogP contribution < -0.4 is 17.2 Å². The molecule has 0 spiro atoms.